The molecule has 4 heteroatoms. The van der Waals surface area contributed by atoms with Crippen molar-refractivity contribution in [2.24, 2.45) is 5.92 Å². The lowest BCUT2D eigenvalue weighted by Crippen LogP contribution is -2.44. The first-order valence-corrected chi connectivity index (χ1v) is 6.66. The zero-order chi connectivity index (χ0) is 12.8. The maximum absolute atomic E-state index is 11.9. The molecule has 1 N–H and O–H groups in total. The van der Waals surface area contributed by atoms with E-state index < -0.39 is 0 Å². The van der Waals surface area contributed by atoms with E-state index in [1.54, 1.807) is 0 Å². The van der Waals surface area contributed by atoms with Gasteiger partial charge in [-0.1, -0.05) is 13.8 Å². The second-order valence-electron chi connectivity index (χ2n) is 4.83. The van der Waals surface area contributed by atoms with Gasteiger partial charge in [-0.25, -0.2) is 0 Å². The number of hydrogen-bond acceptors (Lipinski definition) is 2. The van der Waals surface area contributed by atoms with Crippen molar-refractivity contribution < 1.29 is 9.59 Å². The maximum Gasteiger partial charge on any atom is 0.223 e. The lowest BCUT2D eigenvalue weighted by atomic mass is 9.95. The highest BCUT2D eigenvalue weighted by atomic mass is 16.2. The van der Waals surface area contributed by atoms with E-state index in [1.165, 1.54) is 0 Å². The zero-order valence-electron chi connectivity index (χ0n) is 11.2. The van der Waals surface area contributed by atoms with Crippen LogP contribution < -0.4 is 5.32 Å². The van der Waals surface area contributed by atoms with E-state index in [0.717, 1.165) is 32.4 Å². The Morgan fingerprint density at radius 3 is 2.35 bits per heavy atom. The van der Waals surface area contributed by atoms with Crippen LogP contribution in [0.15, 0.2) is 0 Å². The van der Waals surface area contributed by atoms with E-state index in [1.807, 2.05) is 18.7 Å². The smallest absolute Gasteiger partial charge is 0.223 e. The number of amides is 2. The molecule has 1 heterocycles. The Morgan fingerprint density at radius 2 is 1.88 bits per heavy atom. The van der Waals surface area contributed by atoms with Crippen molar-refractivity contribution in [2.75, 3.05) is 13.1 Å². The molecule has 1 fully saturated rings. The maximum atomic E-state index is 11.9. The molecule has 0 saturated carbocycles. The molecule has 0 aromatic rings. The fraction of sp³-hybridized carbons (Fsp3) is 0.846. The molecule has 17 heavy (non-hydrogen) atoms. The van der Waals surface area contributed by atoms with Crippen LogP contribution in [0.4, 0.5) is 0 Å². The van der Waals surface area contributed by atoms with Crippen molar-refractivity contribution in [3.05, 3.63) is 0 Å². The topological polar surface area (TPSA) is 49.4 Å². The fourth-order valence-electron chi connectivity index (χ4n) is 2.08. The molecule has 0 spiro atoms. The minimum absolute atomic E-state index is 0.0879. The van der Waals surface area contributed by atoms with Crippen molar-refractivity contribution in [3.63, 3.8) is 0 Å². The number of carbonyl (C=O) groups excluding carboxylic acids is 2. The van der Waals surface area contributed by atoms with Gasteiger partial charge in [0.05, 0.1) is 0 Å². The third kappa shape index (κ3) is 4.02. The molecule has 1 aliphatic rings. The van der Waals surface area contributed by atoms with E-state index in [-0.39, 0.29) is 23.8 Å². The monoisotopic (exact) mass is 240 g/mol. The number of rotatable bonds is 4. The standard InChI is InChI=1S/C13H24N2O2/c1-4-10(3)14-13(17)11-6-8-15(9-7-11)12(16)5-2/h10-11H,4-9H2,1-3H3,(H,14,17). The molecule has 2 amide bonds. The first kappa shape index (κ1) is 14.0. The number of piperidine rings is 1. The first-order chi connectivity index (χ1) is 8.08. The fourth-order valence-corrected chi connectivity index (χ4v) is 2.08. The molecule has 1 saturated heterocycles. The van der Waals surface area contributed by atoms with Crippen LogP contribution in [-0.4, -0.2) is 35.8 Å². The van der Waals surface area contributed by atoms with Gasteiger partial charge in [-0.05, 0) is 26.2 Å². The van der Waals surface area contributed by atoms with Crippen LogP contribution >= 0.6 is 0 Å². The summed E-state index contributed by atoms with van der Waals surface area (Å²) >= 11 is 0. The summed E-state index contributed by atoms with van der Waals surface area (Å²) in [5.74, 6) is 0.443. The SMILES string of the molecule is CCC(=O)N1CCC(C(=O)NC(C)CC)CC1. The minimum Gasteiger partial charge on any atom is -0.353 e. The molecule has 0 bridgehead atoms. The average Bonchev–Trinajstić information content (AvgIpc) is 2.37. The summed E-state index contributed by atoms with van der Waals surface area (Å²) in [7, 11) is 0. The predicted molar refractivity (Wildman–Crippen MR) is 67.5 cm³/mol. The van der Waals surface area contributed by atoms with E-state index in [0.29, 0.717) is 6.42 Å². The van der Waals surface area contributed by atoms with Crippen LogP contribution in [0.1, 0.15) is 46.5 Å². The van der Waals surface area contributed by atoms with E-state index >= 15 is 0 Å². The lowest BCUT2D eigenvalue weighted by Gasteiger charge is -2.31. The molecule has 0 aliphatic carbocycles. The molecule has 4 nitrogen and oxygen atoms in total. The highest BCUT2D eigenvalue weighted by Crippen LogP contribution is 2.18. The van der Waals surface area contributed by atoms with Crippen LogP contribution in [0.5, 0.6) is 0 Å². The van der Waals surface area contributed by atoms with E-state index in [4.69, 9.17) is 0 Å². The third-order valence-electron chi connectivity index (χ3n) is 3.52. The van der Waals surface area contributed by atoms with Gasteiger partial charge < -0.3 is 10.2 Å². The van der Waals surface area contributed by atoms with Crippen LogP contribution in [0.2, 0.25) is 0 Å². The van der Waals surface area contributed by atoms with E-state index in [9.17, 15) is 9.59 Å². The van der Waals surface area contributed by atoms with Gasteiger partial charge in [0.2, 0.25) is 11.8 Å². The highest BCUT2D eigenvalue weighted by Gasteiger charge is 2.26. The molecule has 98 valence electrons. The van der Waals surface area contributed by atoms with Crippen molar-refractivity contribution in [1.29, 1.82) is 0 Å². The molecule has 1 rings (SSSR count). The molecular formula is C13H24N2O2. The van der Waals surface area contributed by atoms with Crippen molar-refractivity contribution in [1.82, 2.24) is 10.2 Å². The summed E-state index contributed by atoms with van der Waals surface area (Å²) < 4.78 is 0. The van der Waals surface area contributed by atoms with Crippen LogP contribution in [0.25, 0.3) is 0 Å². The van der Waals surface area contributed by atoms with Crippen LogP contribution in [-0.2, 0) is 9.59 Å². The third-order valence-corrected chi connectivity index (χ3v) is 3.52. The normalized spacial score (nSPS) is 18.9. The lowest BCUT2D eigenvalue weighted by molar-refractivity contribution is -0.135. The van der Waals surface area contributed by atoms with Gasteiger partial charge >= 0.3 is 0 Å². The molecule has 0 aromatic carbocycles. The summed E-state index contributed by atoms with van der Waals surface area (Å²) in [6, 6.07) is 0.248. The van der Waals surface area contributed by atoms with Crippen LogP contribution in [0, 0.1) is 5.92 Å². The zero-order valence-corrected chi connectivity index (χ0v) is 11.2. The summed E-state index contributed by atoms with van der Waals surface area (Å²) in [4.78, 5) is 25.3. The Kier molecular flexibility index (Phi) is 5.45. The van der Waals surface area contributed by atoms with Crippen molar-refractivity contribution in [2.45, 2.75) is 52.5 Å². The number of nitrogens with one attached hydrogen (secondary N) is 1. The van der Waals surface area contributed by atoms with E-state index in [2.05, 4.69) is 12.2 Å². The molecule has 1 aliphatic heterocycles. The van der Waals surface area contributed by atoms with Gasteiger partial charge in [-0.2, -0.15) is 0 Å². The molecule has 1 atom stereocenters. The number of nitrogens with zero attached hydrogens (tertiary/aromatic N) is 1. The average molecular weight is 240 g/mol. The van der Waals surface area contributed by atoms with Gasteiger partial charge in [0.1, 0.15) is 0 Å². The summed E-state index contributed by atoms with van der Waals surface area (Å²) in [5.41, 5.74) is 0. The van der Waals surface area contributed by atoms with Crippen molar-refractivity contribution >= 4 is 11.8 Å². The quantitative estimate of drug-likeness (QED) is 0.810. The van der Waals surface area contributed by atoms with Crippen molar-refractivity contribution in [3.8, 4) is 0 Å². The molecule has 0 radical (unpaired) electrons. The number of likely N-dealkylation sites (tertiary alicyclic amines) is 1. The second-order valence-corrected chi connectivity index (χ2v) is 4.83. The second kappa shape index (κ2) is 6.62. The van der Waals surface area contributed by atoms with Gasteiger partial charge in [0.25, 0.3) is 0 Å². The van der Waals surface area contributed by atoms with Crippen LogP contribution in [0.3, 0.4) is 0 Å². The number of carbonyl (C=O) groups is 2. The van der Waals surface area contributed by atoms with Gasteiger partial charge in [0.15, 0.2) is 0 Å². The summed E-state index contributed by atoms with van der Waals surface area (Å²) in [6.07, 6.45) is 3.12. The van der Waals surface area contributed by atoms with Gasteiger partial charge in [-0.15, -0.1) is 0 Å². The Labute approximate surface area is 104 Å². The largest absolute Gasteiger partial charge is 0.353 e. The highest BCUT2D eigenvalue weighted by molar-refractivity contribution is 5.80. The minimum atomic E-state index is 0.0879. The Hall–Kier alpha value is -1.06. The number of hydrogen-bond donors (Lipinski definition) is 1. The molecular weight excluding hydrogens is 216 g/mol. The Balaban J connectivity index is 2.36. The Morgan fingerprint density at radius 1 is 1.29 bits per heavy atom. The van der Waals surface area contributed by atoms with Gasteiger partial charge in [-0.3, -0.25) is 9.59 Å². The Bertz CT molecular complexity index is 271. The summed E-state index contributed by atoms with van der Waals surface area (Å²) in [6.45, 7) is 7.42. The summed E-state index contributed by atoms with van der Waals surface area (Å²) in [5, 5.41) is 3.01. The first-order valence-electron chi connectivity index (χ1n) is 6.66. The predicted octanol–water partition coefficient (Wildman–Crippen LogP) is 1.55. The molecule has 0 aromatic heterocycles. The van der Waals surface area contributed by atoms with Gasteiger partial charge in [0, 0.05) is 31.5 Å². The molecule has 1 unspecified atom stereocenters.